The molecule has 0 atom stereocenters. The standard InChI is InChI=1S/C13H15Cl2NO/c14-6-2-1-3-7-16-12-9-11(15)5-4-10(12)8-13(16)17/h4-5,9H,1-3,6-8H2. The van der Waals surface area contributed by atoms with Gasteiger partial charge >= 0.3 is 0 Å². The van der Waals surface area contributed by atoms with Gasteiger partial charge in [-0.25, -0.2) is 0 Å². The number of amides is 1. The molecule has 0 N–H and O–H groups in total. The lowest BCUT2D eigenvalue weighted by Gasteiger charge is -2.17. The Morgan fingerprint density at radius 2 is 2.06 bits per heavy atom. The summed E-state index contributed by atoms with van der Waals surface area (Å²) >= 11 is 11.6. The number of benzene rings is 1. The van der Waals surface area contributed by atoms with Gasteiger partial charge in [-0.3, -0.25) is 4.79 Å². The Morgan fingerprint density at radius 1 is 1.24 bits per heavy atom. The molecule has 0 spiro atoms. The highest BCUT2D eigenvalue weighted by atomic mass is 35.5. The second-order valence-corrected chi connectivity index (χ2v) is 5.06. The van der Waals surface area contributed by atoms with E-state index < -0.39 is 0 Å². The summed E-state index contributed by atoms with van der Waals surface area (Å²) in [5.74, 6) is 0.865. The largest absolute Gasteiger partial charge is 0.312 e. The van der Waals surface area contributed by atoms with E-state index in [2.05, 4.69) is 0 Å². The molecule has 0 fully saturated rings. The molecule has 92 valence electrons. The molecule has 1 aromatic rings. The van der Waals surface area contributed by atoms with Crippen molar-refractivity contribution in [2.75, 3.05) is 17.3 Å². The van der Waals surface area contributed by atoms with Crippen LogP contribution in [0.4, 0.5) is 5.69 Å². The zero-order valence-electron chi connectivity index (χ0n) is 9.59. The summed E-state index contributed by atoms with van der Waals surface area (Å²) in [5, 5.41) is 0.684. The molecule has 0 unspecified atom stereocenters. The number of halogens is 2. The van der Waals surface area contributed by atoms with Gasteiger partial charge in [-0.2, -0.15) is 0 Å². The summed E-state index contributed by atoms with van der Waals surface area (Å²) in [7, 11) is 0. The van der Waals surface area contributed by atoms with Gasteiger partial charge in [0.05, 0.1) is 6.42 Å². The molecule has 17 heavy (non-hydrogen) atoms. The molecule has 2 rings (SSSR count). The van der Waals surface area contributed by atoms with Crippen molar-refractivity contribution in [3.05, 3.63) is 28.8 Å². The van der Waals surface area contributed by atoms with Gasteiger partial charge < -0.3 is 4.90 Å². The summed E-state index contributed by atoms with van der Waals surface area (Å²) in [4.78, 5) is 13.7. The Bertz CT molecular complexity index is 420. The van der Waals surface area contributed by atoms with Gasteiger partial charge in [0.2, 0.25) is 5.91 Å². The maximum atomic E-state index is 11.9. The lowest BCUT2D eigenvalue weighted by Crippen LogP contribution is -2.27. The molecule has 1 aromatic carbocycles. The van der Waals surface area contributed by atoms with Crippen molar-refractivity contribution in [3.8, 4) is 0 Å². The van der Waals surface area contributed by atoms with Crippen molar-refractivity contribution in [2.24, 2.45) is 0 Å². The fraction of sp³-hybridized carbons (Fsp3) is 0.462. The molecule has 0 radical (unpaired) electrons. The predicted molar refractivity (Wildman–Crippen MR) is 72.1 cm³/mol. The number of hydrogen-bond acceptors (Lipinski definition) is 1. The average Bonchev–Trinajstić information content (AvgIpc) is 2.61. The van der Waals surface area contributed by atoms with E-state index in [0.29, 0.717) is 17.3 Å². The van der Waals surface area contributed by atoms with Crippen LogP contribution in [0.25, 0.3) is 0 Å². The minimum atomic E-state index is 0.174. The highest BCUT2D eigenvalue weighted by Crippen LogP contribution is 2.31. The number of nitrogens with zero attached hydrogens (tertiary/aromatic N) is 1. The van der Waals surface area contributed by atoms with Crippen LogP contribution in [0.1, 0.15) is 24.8 Å². The van der Waals surface area contributed by atoms with E-state index in [-0.39, 0.29) is 5.91 Å². The van der Waals surface area contributed by atoms with Crippen LogP contribution in [-0.4, -0.2) is 18.3 Å². The second-order valence-electron chi connectivity index (χ2n) is 4.24. The number of fused-ring (bicyclic) bond motifs is 1. The predicted octanol–water partition coefficient (Wildman–Crippen LogP) is 3.64. The van der Waals surface area contributed by atoms with E-state index in [1.54, 1.807) is 0 Å². The molecule has 0 saturated heterocycles. The molecule has 1 aliphatic heterocycles. The highest BCUT2D eigenvalue weighted by molar-refractivity contribution is 6.31. The van der Waals surface area contributed by atoms with Gasteiger partial charge in [0, 0.05) is 23.1 Å². The minimum Gasteiger partial charge on any atom is -0.312 e. The molecule has 2 nitrogen and oxygen atoms in total. The molecular weight excluding hydrogens is 257 g/mol. The van der Waals surface area contributed by atoms with Gasteiger partial charge in [-0.1, -0.05) is 24.1 Å². The van der Waals surface area contributed by atoms with E-state index in [1.807, 2.05) is 23.1 Å². The van der Waals surface area contributed by atoms with Crippen LogP contribution in [0, 0.1) is 0 Å². The molecular formula is C13H15Cl2NO. The SMILES string of the molecule is O=C1Cc2ccc(Cl)cc2N1CCCCCCl. The van der Waals surface area contributed by atoms with Gasteiger partial charge in [-0.15, -0.1) is 11.6 Å². The smallest absolute Gasteiger partial charge is 0.231 e. The van der Waals surface area contributed by atoms with E-state index in [1.165, 1.54) is 0 Å². The maximum absolute atomic E-state index is 11.9. The lowest BCUT2D eigenvalue weighted by molar-refractivity contribution is -0.117. The van der Waals surface area contributed by atoms with Crippen LogP contribution in [0.15, 0.2) is 18.2 Å². The van der Waals surface area contributed by atoms with E-state index in [4.69, 9.17) is 23.2 Å². The van der Waals surface area contributed by atoms with E-state index in [9.17, 15) is 4.79 Å². The van der Waals surface area contributed by atoms with Crippen molar-refractivity contribution in [1.82, 2.24) is 0 Å². The third-order valence-electron chi connectivity index (χ3n) is 3.00. The van der Waals surface area contributed by atoms with Gasteiger partial charge in [-0.05, 0) is 30.5 Å². The van der Waals surface area contributed by atoms with Crippen LogP contribution in [0.3, 0.4) is 0 Å². The van der Waals surface area contributed by atoms with Crippen LogP contribution in [0.5, 0.6) is 0 Å². The molecule has 0 saturated carbocycles. The molecule has 0 aromatic heterocycles. The van der Waals surface area contributed by atoms with Crippen molar-refractivity contribution >= 4 is 34.8 Å². The third-order valence-corrected chi connectivity index (χ3v) is 3.50. The number of carbonyl (C=O) groups is 1. The summed E-state index contributed by atoms with van der Waals surface area (Å²) in [6.45, 7) is 0.767. The fourth-order valence-electron chi connectivity index (χ4n) is 2.12. The van der Waals surface area contributed by atoms with Crippen molar-refractivity contribution in [2.45, 2.75) is 25.7 Å². The lowest BCUT2D eigenvalue weighted by atomic mass is 10.2. The molecule has 1 heterocycles. The van der Waals surface area contributed by atoms with Gasteiger partial charge in [0.25, 0.3) is 0 Å². The number of unbranched alkanes of at least 4 members (excludes halogenated alkanes) is 2. The Labute approximate surface area is 112 Å². The zero-order chi connectivity index (χ0) is 12.3. The maximum Gasteiger partial charge on any atom is 0.231 e. The minimum absolute atomic E-state index is 0.174. The Balaban J connectivity index is 2.03. The first-order valence-electron chi connectivity index (χ1n) is 5.87. The van der Waals surface area contributed by atoms with Crippen molar-refractivity contribution in [1.29, 1.82) is 0 Å². The van der Waals surface area contributed by atoms with Crippen molar-refractivity contribution < 1.29 is 4.79 Å². The van der Waals surface area contributed by atoms with Crippen LogP contribution < -0.4 is 4.90 Å². The summed E-state index contributed by atoms with van der Waals surface area (Å²) in [5.41, 5.74) is 2.06. The Hall–Kier alpha value is -0.730. The summed E-state index contributed by atoms with van der Waals surface area (Å²) in [6.07, 6.45) is 3.56. The highest BCUT2D eigenvalue weighted by Gasteiger charge is 2.26. The summed E-state index contributed by atoms with van der Waals surface area (Å²) < 4.78 is 0. The molecule has 4 heteroatoms. The zero-order valence-corrected chi connectivity index (χ0v) is 11.1. The number of hydrogen-bond donors (Lipinski definition) is 0. The number of anilines is 1. The topological polar surface area (TPSA) is 20.3 Å². The second kappa shape index (κ2) is 5.74. The first-order valence-corrected chi connectivity index (χ1v) is 6.78. The normalized spacial score (nSPS) is 14.2. The number of carbonyl (C=O) groups excluding carboxylic acids is 1. The first-order chi connectivity index (χ1) is 8.22. The van der Waals surface area contributed by atoms with E-state index in [0.717, 1.165) is 37.1 Å². The first kappa shape index (κ1) is 12.7. The monoisotopic (exact) mass is 271 g/mol. The molecule has 0 aliphatic carbocycles. The fourth-order valence-corrected chi connectivity index (χ4v) is 2.47. The Kier molecular flexibility index (Phi) is 4.30. The van der Waals surface area contributed by atoms with Gasteiger partial charge in [0.1, 0.15) is 0 Å². The van der Waals surface area contributed by atoms with Gasteiger partial charge in [0.15, 0.2) is 0 Å². The van der Waals surface area contributed by atoms with Crippen LogP contribution in [0.2, 0.25) is 5.02 Å². The molecule has 0 bridgehead atoms. The molecule has 1 amide bonds. The summed E-state index contributed by atoms with van der Waals surface area (Å²) in [6, 6.07) is 5.66. The quantitative estimate of drug-likeness (QED) is 0.592. The molecule has 1 aliphatic rings. The Morgan fingerprint density at radius 3 is 2.82 bits per heavy atom. The van der Waals surface area contributed by atoms with Crippen molar-refractivity contribution in [3.63, 3.8) is 0 Å². The number of rotatable bonds is 5. The number of alkyl halides is 1. The van der Waals surface area contributed by atoms with E-state index >= 15 is 0 Å². The van der Waals surface area contributed by atoms with Crippen LogP contribution in [-0.2, 0) is 11.2 Å². The van der Waals surface area contributed by atoms with Crippen LogP contribution >= 0.6 is 23.2 Å². The third kappa shape index (κ3) is 2.93. The average molecular weight is 272 g/mol.